The lowest BCUT2D eigenvalue weighted by atomic mass is 10.1. The summed E-state index contributed by atoms with van der Waals surface area (Å²) in [4.78, 5) is 4.70. The van der Waals surface area contributed by atoms with Crippen molar-refractivity contribution in [2.24, 2.45) is 4.99 Å². The highest BCUT2D eigenvalue weighted by Gasteiger charge is 2.19. The van der Waals surface area contributed by atoms with Crippen molar-refractivity contribution in [2.75, 3.05) is 0 Å². The summed E-state index contributed by atoms with van der Waals surface area (Å²) in [5.41, 5.74) is 1.41. The molecule has 3 unspecified atom stereocenters. The monoisotopic (exact) mass is 276 g/mol. The van der Waals surface area contributed by atoms with E-state index in [1.165, 1.54) is 12.0 Å². The van der Waals surface area contributed by atoms with Gasteiger partial charge in [0.15, 0.2) is 5.17 Å². The Morgan fingerprint density at radius 3 is 2.74 bits per heavy atom. The minimum absolute atomic E-state index is 0.458. The van der Waals surface area contributed by atoms with Crippen LogP contribution in [0.5, 0.6) is 0 Å². The van der Waals surface area contributed by atoms with E-state index in [0.29, 0.717) is 17.3 Å². The Hall–Kier alpha value is -0.960. The molecule has 0 bridgehead atoms. The highest BCUT2D eigenvalue weighted by atomic mass is 32.2. The van der Waals surface area contributed by atoms with Gasteiger partial charge in [0.05, 0.1) is 6.04 Å². The van der Waals surface area contributed by atoms with Crippen LogP contribution in [0.4, 0.5) is 0 Å². The minimum atomic E-state index is 0.458. The Morgan fingerprint density at radius 1 is 1.32 bits per heavy atom. The number of hydrogen-bond acceptors (Lipinski definition) is 3. The predicted molar refractivity (Wildman–Crippen MR) is 85.9 cm³/mol. The molecule has 0 saturated carbocycles. The highest BCUT2D eigenvalue weighted by Crippen LogP contribution is 2.24. The molecule has 1 heterocycles. The molecule has 1 aliphatic rings. The van der Waals surface area contributed by atoms with E-state index in [4.69, 9.17) is 4.99 Å². The SMILES string of the molecule is CC1CC(C)SC(NC(C)CCc2ccccc2)=N1. The molecule has 0 aliphatic carbocycles. The van der Waals surface area contributed by atoms with Gasteiger partial charge in [-0.15, -0.1) is 0 Å². The third kappa shape index (κ3) is 4.90. The van der Waals surface area contributed by atoms with Crippen molar-refractivity contribution in [3.8, 4) is 0 Å². The van der Waals surface area contributed by atoms with Crippen molar-refractivity contribution in [1.29, 1.82) is 0 Å². The number of thioether (sulfide) groups is 1. The topological polar surface area (TPSA) is 24.4 Å². The second kappa shape index (κ2) is 6.99. The fraction of sp³-hybridized carbons (Fsp3) is 0.562. The fourth-order valence-electron chi connectivity index (χ4n) is 2.38. The van der Waals surface area contributed by atoms with Gasteiger partial charge in [0.2, 0.25) is 0 Å². The van der Waals surface area contributed by atoms with E-state index in [1.54, 1.807) is 0 Å². The normalized spacial score (nSPS) is 24.7. The molecule has 2 rings (SSSR count). The summed E-state index contributed by atoms with van der Waals surface area (Å²) in [6.07, 6.45) is 3.46. The molecular formula is C16H24N2S. The molecule has 3 heteroatoms. The summed E-state index contributed by atoms with van der Waals surface area (Å²) in [7, 11) is 0. The number of nitrogens with zero attached hydrogens (tertiary/aromatic N) is 1. The number of aliphatic imine (C=N–C) groups is 1. The molecule has 1 aromatic carbocycles. The average molecular weight is 276 g/mol. The van der Waals surface area contributed by atoms with Crippen molar-refractivity contribution >= 4 is 16.9 Å². The van der Waals surface area contributed by atoms with Crippen LogP contribution in [0, 0.1) is 0 Å². The first-order valence-electron chi connectivity index (χ1n) is 7.18. The second-order valence-electron chi connectivity index (χ2n) is 5.52. The molecule has 0 radical (unpaired) electrons. The smallest absolute Gasteiger partial charge is 0.157 e. The van der Waals surface area contributed by atoms with Crippen molar-refractivity contribution < 1.29 is 0 Å². The minimum Gasteiger partial charge on any atom is -0.362 e. The van der Waals surface area contributed by atoms with Gasteiger partial charge in [-0.1, -0.05) is 49.0 Å². The number of rotatable bonds is 4. The van der Waals surface area contributed by atoms with Crippen molar-refractivity contribution in [3.05, 3.63) is 35.9 Å². The molecule has 1 N–H and O–H groups in total. The van der Waals surface area contributed by atoms with Gasteiger partial charge in [0, 0.05) is 11.3 Å². The van der Waals surface area contributed by atoms with Gasteiger partial charge < -0.3 is 5.32 Å². The molecule has 0 saturated heterocycles. The van der Waals surface area contributed by atoms with Crippen molar-refractivity contribution in [2.45, 2.75) is 57.4 Å². The van der Waals surface area contributed by atoms with Gasteiger partial charge in [0.1, 0.15) is 0 Å². The van der Waals surface area contributed by atoms with Crippen LogP contribution in [0.15, 0.2) is 35.3 Å². The molecule has 19 heavy (non-hydrogen) atoms. The van der Waals surface area contributed by atoms with E-state index in [9.17, 15) is 0 Å². The molecular weight excluding hydrogens is 252 g/mol. The van der Waals surface area contributed by atoms with Gasteiger partial charge in [-0.05, 0) is 38.7 Å². The van der Waals surface area contributed by atoms with Gasteiger partial charge in [-0.2, -0.15) is 0 Å². The van der Waals surface area contributed by atoms with Crippen molar-refractivity contribution in [1.82, 2.24) is 5.32 Å². The van der Waals surface area contributed by atoms with E-state index in [-0.39, 0.29) is 0 Å². The standard InChI is InChI=1S/C16H24N2S/c1-12(9-10-15-7-5-4-6-8-15)17-16-18-13(2)11-14(3)19-16/h4-8,12-14H,9-11H2,1-3H3,(H,17,18). The first-order chi connectivity index (χ1) is 9.13. The maximum absolute atomic E-state index is 4.70. The highest BCUT2D eigenvalue weighted by molar-refractivity contribution is 8.14. The van der Waals surface area contributed by atoms with Gasteiger partial charge >= 0.3 is 0 Å². The van der Waals surface area contributed by atoms with Crippen LogP contribution in [0.25, 0.3) is 0 Å². The third-order valence-electron chi connectivity index (χ3n) is 3.40. The number of aryl methyl sites for hydroxylation is 1. The molecule has 1 aromatic rings. The molecule has 0 spiro atoms. The Labute approximate surface area is 121 Å². The average Bonchev–Trinajstić information content (AvgIpc) is 2.36. The molecule has 0 aromatic heterocycles. The Bertz CT molecular complexity index is 416. The summed E-state index contributed by atoms with van der Waals surface area (Å²) in [5.74, 6) is 0. The zero-order chi connectivity index (χ0) is 13.7. The van der Waals surface area contributed by atoms with E-state index < -0.39 is 0 Å². The van der Waals surface area contributed by atoms with E-state index in [1.807, 2.05) is 11.8 Å². The van der Waals surface area contributed by atoms with Crippen LogP contribution < -0.4 is 5.32 Å². The van der Waals surface area contributed by atoms with Crippen LogP contribution in [0.2, 0.25) is 0 Å². The molecule has 2 nitrogen and oxygen atoms in total. The number of nitrogens with one attached hydrogen (secondary N) is 1. The number of amidine groups is 1. The number of hydrogen-bond donors (Lipinski definition) is 1. The maximum atomic E-state index is 4.70. The van der Waals surface area contributed by atoms with Crippen molar-refractivity contribution in [3.63, 3.8) is 0 Å². The second-order valence-corrected chi connectivity index (χ2v) is 6.94. The van der Waals surface area contributed by atoms with Gasteiger partial charge in [-0.25, -0.2) is 0 Å². The Balaban J connectivity index is 1.79. The summed E-state index contributed by atoms with van der Waals surface area (Å²) < 4.78 is 0. The van der Waals surface area contributed by atoms with Crippen LogP contribution in [-0.4, -0.2) is 22.5 Å². The summed E-state index contributed by atoms with van der Waals surface area (Å²) >= 11 is 1.88. The summed E-state index contributed by atoms with van der Waals surface area (Å²) in [5, 5.41) is 5.37. The molecule has 3 atom stereocenters. The molecule has 0 fully saturated rings. The van der Waals surface area contributed by atoms with Gasteiger partial charge in [-0.3, -0.25) is 4.99 Å². The third-order valence-corrected chi connectivity index (χ3v) is 4.44. The number of benzene rings is 1. The van der Waals surface area contributed by atoms with E-state index in [2.05, 4.69) is 56.4 Å². The lowest BCUT2D eigenvalue weighted by molar-refractivity contribution is 0.597. The Kier molecular flexibility index (Phi) is 5.32. The quantitative estimate of drug-likeness (QED) is 0.903. The molecule has 104 valence electrons. The predicted octanol–water partition coefficient (Wildman–Crippen LogP) is 3.87. The summed E-state index contributed by atoms with van der Waals surface area (Å²) in [6, 6.07) is 11.6. The largest absolute Gasteiger partial charge is 0.362 e. The lowest BCUT2D eigenvalue weighted by Crippen LogP contribution is -2.35. The molecule has 0 amide bonds. The van der Waals surface area contributed by atoms with Crippen LogP contribution in [0.3, 0.4) is 0 Å². The first kappa shape index (κ1) is 14.4. The van der Waals surface area contributed by atoms with Gasteiger partial charge in [0.25, 0.3) is 0 Å². The van der Waals surface area contributed by atoms with Crippen LogP contribution in [0.1, 0.15) is 39.2 Å². The van der Waals surface area contributed by atoms with Crippen LogP contribution >= 0.6 is 11.8 Å². The van der Waals surface area contributed by atoms with E-state index >= 15 is 0 Å². The molecule has 1 aliphatic heterocycles. The lowest BCUT2D eigenvalue weighted by Gasteiger charge is -2.25. The fourth-order valence-corrected chi connectivity index (χ4v) is 3.65. The van der Waals surface area contributed by atoms with Crippen LogP contribution in [-0.2, 0) is 6.42 Å². The first-order valence-corrected chi connectivity index (χ1v) is 8.06. The Morgan fingerprint density at radius 2 is 2.05 bits per heavy atom. The maximum Gasteiger partial charge on any atom is 0.157 e. The van der Waals surface area contributed by atoms with E-state index in [0.717, 1.165) is 18.0 Å². The zero-order valence-electron chi connectivity index (χ0n) is 12.1. The summed E-state index contributed by atoms with van der Waals surface area (Å²) in [6.45, 7) is 6.73. The zero-order valence-corrected chi connectivity index (χ0v) is 12.9.